The highest BCUT2D eigenvalue weighted by atomic mass is 32.2. The van der Waals surface area contributed by atoms with Crippen LogP contribution < -0.4 is 5.32 Å². The summed E-state index contributed by atoms with van der Waals surface area (Å²) in [4.78, 5) is 4.75. The van der Waals surface area contributed by atoms with Crippen molar-refractivity contribution in [3.05, 3.63) is 24.3 Å². The van der Waals surface area contributed by atoms with Gasteiger partial charge in [-0.2, -0.15) is 0 Å². The SMILES string of the molecule is CCCNC(CSc1nc2ccccc2s1)C1CCCC1. The standard InChI is InChI=1S/C17H24N2S2/c1-2-11-18-15(13-7-3-4-8-13)12-20-17-19-14-9-5-6-10-16(14)21-17/h5-6,9-10,13,15,18H,2-4,7-8,11-12H2,1H3. The predicted octanol–water partition coefficient (Wildman–Crippen LogP) is 4.95. The Morgan fingerprint density at radius 2 is 2.14 bits per heavy atom. The van der Waals surface area contributed by atoms with Gasteiger partial charge in [0.05, 0.1) is 10.2 Å². The molecule has 0 saturated heterocycles. The molecule has 1 unspecified atom stereocenters. The Kier molecular flexibility index (Phi) is 5.55. The molecule has 114 valence electrons. The summed E-state index contributed by atoms with van der Waals surface area (Å²) >= 11 is 3.77. The van der Waals surface area contributed by atoms with Gasteiger partial charge in [0.25, 0.3) is 0 Å². The Labute approximate surface area is 135 Å². The summed E-state index contributed by atoms with van der Waals surface area (Å²) in [6.07, 6.45) is 6.86. The van der Waals surface area contributed by atoms with E-state index in [2.05, 4.69) is 36.5 Å². The third kappa shape index (κ3) is 3.99. The number of fused-ring (bicyclic) bond motifs is 1. The molecule has 0 spiro atoms. The van der Waals surface area contributed by atoms with Gasteiger partial charge in [-0.05, 0) is 43.9 Å². The molecule has 0 bridgehead atoms. The normalized spacial score (nSPS) is 17.6. The van der Waals surface area contributed by atoms with E-state index in [1.165, 1.54) is 41.1 Å². The summed E-state index contributed by atoms with van der Waals surface area (Å²) in [5.74, 6) is 2.03. The highest BCUT2D eigenvalue weighted by Crippen LogP contribution is 2.33. The summed E-state index contributed by atoms with van der Waals surface area (Å²) in [5.41, 5.74) is 1.14. The molecule has 1 saturated carbocycles. The van der Waals surface area contributed by atoms with Crippen molar-refractivity contribution >= 4 is 33.3 Å². The van der Waals surface area contributed by atoms with Gasteiger partial charge in [-0.1, -0.05) is 43.7 Å². The van der Waals surface area contributed by atoms with Crippen molar-refractivity contribution < 1.29 is 0 Å². The first kappa shape index (κ1) is 15.3. The van der Waals surface area contributed by atoms with Crippen LogP contribution in [-0.2, 0) is 0 Å². The van der Waals surface area contributed by atoms with Gasteiger partial charge in [-0.15, -0.1) is 11.3 Å². The third-order valence-electron chi connectivity index (χ3n) is 4.29. The molecule has 1 aromatic carbocycles. The lowest BCUT2D eigenvalue weighted by atomic mass is 10.00. The van der Waals surface area contributed by atoms with E-state index in [0.29, 0.717) is 6.04 Å². The Morgan fingerprint density at radius 3 is 2.90 bits per heavy atom. The average molecular weight is 321 g/mol. The highest BCUT2D eigenvalue weighted by Gasteiger charge is 2.24. The van der Waals surface area contributed by atoms with Crippen LogP contribution in [0.2, 0.25) is 0 Å². The second kappa shape index (κ2) is 7.61. The second-order valence-corrected chi connectivity index (χ2v) is 8.16. The molecule has 1 heterocycles. The minimum absolute atomic E-state index is 0.657. The van der Waals surface area contributed by atoms with Crippen LogP contribution >= 0.6 is 23.1 Å². The van der Waals surface area contributed by atoms with Gasteiger partial charge < -0.3 is 5.32 Å². The molecule has 1 aliphatic rings. The lowest BCUT2D eigenvalue weighted by Gasteiger charge is -2.24. The van der Waals surface area contributed by atoms with Gasteiger partial charge in [0.15, 0.2) is 4.34 Å². The Bertz CT molecular complexity index is 528. The van der Waals surface area contributed by atoms with E-state index in [4.69, 9.17) is 4.98 Å². The molecule has 1 N–H and O–H groups in total. The van der Waals surface area contributed by atoms with Gasteiger partial charge in [-0.25, -0.2) is 4.98 Å². The van der Waals surface area contributed by atoms with E-state index >= 15 is 0 Å². The number of nitrogens with zero attached hydrogens (tertiary/aromatic N) is 1. The zero-order valence-electron chi connectivity index (χ0n) is 12.7. The lowest BCUT2D eigenvalue weighted by molar-refractivity contribution is 0.388. The first-order valence-electron chi connectivity index (χ1n) is 8.08. The van der Waals surface area contributed by atoms with Crippen molar-refractivity contribution in [2.24, 2.45) is 5.92 Å². The number of para-hydroxylation sites is 1. The maximum atomic E-state index is 4.75. The number of benzene rings is 1. The number of thiazole rings is 1. The van der Waals surface area contributed by atoms with E-state index in [1.54, 1.807) is 0 Å². The topological polar surface area (TPSA) is 24.9 Å². The number of aromatic nitrogens is 1. The Hall–Kier alpha value is -0.580. The fourth-order valence-corrected chi connectivity index (χ4v) is 5.41. The fraction of sp³-hybridized carbons (Fsp3) is 0.588. The average Bonchev–Trinajstić information content (AvgIpc) is 3.16. The van der Waals surface area contributed by atoms with E-state index in [-0.39, 0.29) is 0 Å². The summed E-state index contributed by atoms with van der Waals surface area (Å²) in [6.45, 7) is 3.39. The first-order chi connectivity index (χ1) is 10.4. The molecule has 1 atom stereocenters. The number of nitrogens with one attached hydrogen (secondary N) is 1. The van der Waals surface area contributed by atoms with Gasteiger partial charge >= 0.3 is 0 Å². The molecule has 21 heavy (non-hydrogen) atoms. The number of hydrogen-bond acceptors (Lipinski definition) is 4. The van der Waals surface area contributed by atoms with Crippen LogP contribution in [0.15, 0.2) is 28.6 Å². The molecule has 1 aromatic heterocycles. The van der Waals surface area contributed by atoms with Gasteiger partial charge in [-0.3, -0.25) is 0 Å². The molecule has 1 fully saturated rings. The summed E-state index contributed by atoms with van der Waals surface area (Å²) in [5, 5.41) is 3.77. The number of thioether (sulfide) groups is 1. The van der Waals surface area contributed by atoms with Crippen LogP contribution in [0.25, 0.3) is 10.2 Å². The van der Waals surface area contributed by atoms with Crippen molar-refractivity contribution in [2.45, 2.75) is 49.4 Å². The van der Waals surface area contributed by atoms with Crippen molar-refractivity contribution in [1.29, 1.82) is 0 Å². The van der Waals surface area contributed by atoms with Crippen LogP contribution in [0.5, 0.6) is 0 Å². The van der Waals surface area contributed by atoms with Gasteiger partial charge in [0.2, 0.25) is 0 Å². The minimum atomic E-state index is 0.657. The molecule has 0 aliphatic heterocycles. The molecular formula is C17H24N2S2. The van der Waals surface area contributed by atoms with E-state index in [0.717, 1.165) is 23.7 Å². The molecule has 3 rings (SSSR count). The quantitative estimate of drug-likeness (QED) is 0.731. The minimum Gasteiger partial charge on any atom is -0.313 e. The largest absolute Gasteiger partial charge is 0.313 e. The smallest absolute Gasteiger partial charge is 0.151 e. The Morgan fingerprint density at radius 1 is 1.33 bits per heavy atom. The van der Waals surface area contributed by atoms with E-state index in [1.807, 2.05) is 23.1 Å². The summed E-state index contributed by atoms with van der Waals surface area (Å²) in [7, 11) is 0. The third-order valence-corrected chi connectivity index (χ3v) is 6.58. The zero-order chi connectivity index (χ0) is 14.5. The maximum absolute atomic E-state index is 4.75. The molecule has 0 amide bonds. The van der Waals surface area contributed by atoms with Crippen LogP contribution in [0.4, 0.5) is 0 Å². The molecule has 2 aromatic rings. The van der Waals surface area contributed by atoms with Crippen molar-refractivity contribution in [3.63, 3.8) is 0 Å². The van der Waals surface area contributed by atoms with Crippen molar-refractivity contribution in [2.75, 3.05) is 12.3 Å². The molecule has 0 radical (unpaired) electrons. The number of hydrogen-bond donors (Lipinski definition) is 1. The van der Waals surface area contributed by atoms with E-state index in [9.17, 15) is 0 Å². The number of rotatable bonds is 7. The van der Waals surface area contributed by atoms with Crippen LogP contribution in [0.3, 0.4) is 0 Å². The van der Waals surface area contributed by atoms with Crippen molar-refractivity contribution in [3.8, 4) is 0 Å². The summed E-state index contributed by atoms with van der Waals surface area (Å²) in [6, 6.07) is 9.10. The predicted molar refractivity (Wildman–Crippen MR) is 94.4 cm³/mol. The van der Waals surface area contributed by atoms with Crippen molar-refractivity contribution in [1.82, 2.24) is 10.3 Å². The second-order valence-electron chi connectivity index (χ2n) is 5.86. The fourth-order valence-electron chi connectivity index (χ4n) is 3.13. The monoisotopic (exact) mass is 320 g/mol. The zero-order valence-corrected chi connectivity index (χ0v) is 14.3. The summed E-state index contributed by atoms with van der Waals surface area (Å²) < 4.78 is 2.52. The molecular weight excluding hydrogens is 296 g/mol. The Balaban J connectivity index is 1.62. The first-order valence-corrected chi connectivity index (χ1v) is 9.89. The van der Waals surface area contributed by atoms with Crippen LogP contribution in [0, 0.1) is 5.92 Å². The van der Waals surface area contributed by atoms with E-state index < -0.39 is 0 Å². The molecule has 2 nitrogen and oxygen atoms in total. The van der Waals surface area contributed by atoms with Crippen LogP contribution in [0.1, 0.15) is 39.0 Å². The van der Waals surface area contributed by atoms with Crippen LogP contribution in [-0.4, -0.2) is 23.3 Å². The molecule has 1 aliphatic carbocycles. The molecule has 4 heteroatoms. The van der Waals surface area contributed by atoms with Gasteiger partial charge in [0.1, 0.15) is 0 Å². The highest BCUT2D eigenvalue weighted by molar-refractivity contribution is 8.01. The lowest BCUT2D eigenvalue weighted by Crippen LogP contribution is -2.37. The van der Waals surface area contributed by atoms with Gasteiger partial charge in [0, 0.05) is 11.8 Å². The maximum Gasteiger partial charge on any atom is 0.151 e.